The van der Waals surface area contributed by atoms with Crippen molar-refractivity contribution in [1.29, 1.82) is 0 Å². The minimum atomic E-state index is -0.298. The Labute approximate surface area is 99.2 Å². The van der Waals surface area contributed by atoms with Crippen molar-refractivity contribution in [2.45, 2.75) is 26.3 Å². The van der Waals surface area contributed by atoms with Gasteiger partial charge in [-0.1, -0.05) is 6.92 Å². The Morgan fingerprint density at radius 1 is 1.69 bits per heavy atom. The van der Waals surface area contributed by atoms with Crippen LogP contribution < -0.4 is 16.6 Å². The monoisotopic (exact) mass is 242 g/mol. The zero-order chi connectivity index (χ0) is 12.0. The number of nitrogen functional groups attached to an aromatic ring is 1. The van der Waals surface area contributed by atoms with Crippen LogP contribution in [0.5, 0.6) is 0 Å². The number of aromatic nitrogens is 2. The molecule has 90 valence electrons. The number of rotatable bonds is 6. The third-order valence-electron chi connectivity index (χ3n) is 2.17. The van der Waals surface area contributed by atoms with Crippen molar-refractivity contribution in [2.75, 3.05) is 22.6 Å². The Morgan fingerprint density at radius 2 is 2.44 bits per heavy atom. The van der Waals surface area contributed by atoms with Gasteiger partial charge < -0.3 is 16.0 Å². The van der Waals surface area contributed by atoms with E-state index >= 15 is 0 Å². The van der Waals surface area contributed by atoms with Crippen LogP contribution in [-0.2, 0) is 0 Å². The van der Waals surface area contributed by atoms with E-state index in [2.05, 4.69) is 29.1 Å². The van der Waals surface area contributed by atoms with Gasteiger partial charge in [-0.05, 0) is 24.9 Å². The van der Waals surface area contributed by atoms with Crippen LogP contribution in [0.25, 0.3) is 0 Å². The highest BCUT2D eigenvalue weighted by Gasteiger charge is 2.07. The van der Waals surface area contributed by atoms with Gasteiger partial charge in [0.2, 0.25) is 0 Å². The van der Waals surface area contributed by atoms with E-state index in [1.54, 1.807) is 0 Å². The summed E-state index contributed by atoms with van der Waals surface area (Å²) >= 11 is 1.89. The average molecular weight is 242 g/mol. The van der Waals surface area contributed by atoms with Crippen molar-refractivity contribution < 1.29 is 0 Å². The van der Waals surface area contributed by atoms with Gasteiger partial charge in [0.15, 0.2) is 5.82 Å². The number of anilines is 2. The lowest BCUT2D eigenvalue weighted by Gasteiger charge is -2.14. The second kappa shape index (κ2) is 6.42. The van der Waals surface area contributed by atoms with Crippen LogP contribution in [0.1, 0.15) is 20.3 Å². The summed E-state index contributed by atoms with van der Waals surface area (Å²) in [6.45, 7) is 4.19. The number of hydrogen-bond acceptors (Lipinski definition) is 5. The summed E-state index contributed by atoms with van der Waals surface area (Å²) in [5.74, 6) is 2.68. The van der Waals surface area contributed by atoms with E-state index < -0.39 is 0 Å². The SMILES string of the molecule is CCSCCC(C)Nc1nc[nH]c(=O)c1N. The van der Waals surface area contributed by atoms with E-state index in [1.807, 2.05) is 11.8 Å². The summed E-state index contributed by atoms with van der Waals surface area (Å²) in [4.78, 5) is 17.7. The first-order valence-electron chi connectivity index (χ1n) is 5.32. The third-order valence-corrected chi connectivity index (χ3v) is 3.10. The molecule has 1 atom stereocenters. The van der Waals surface area contributed by atoms with E-state index in [-0.39, 0.29) is 17.3 Å². The second-order valence-corrected chi connectivity index (χ2v) is 4.92. The van der Waals surface area contributed by atoms with Crippen LogP contribution >= 0.6 is 11.8 Å². The maximum absolute atomic E-state index is 11.2. The molecular weight excluding hydrogens is 224 g/mol. The van der Waals surface area contributed by atoms with Crippen molar-refractivity contribution in [3.05, 3.63) is 16.7 Å². The molecule has 6 heteroatoms. The molecule has 1 aromatic rings. The lowest BCUT2D eigenvalue weighted by Crippen LogP contribution is -2.22. The molecule has 0 amide bonds. The molecule has 0 aliphatic rings. The predicted octanol–water partition coefficient (Wildman–Crippen LogP) is 1.30. The van der Waals surface area contributed by atoms with Gasteiger partial charge >= 0.3 is 0 Å². The zero-order valence-corrected chi connectivity index (χ0v) is 10.4. The van der Waals surface area contributed by atoms with Gasteiger partial charge in [-0.15, -0.1) is 0 Å². The molecule has 0 saturated heterocycles. The highest BCUT2D eigenvalue weighted by atomic mass is 32.2. The number of H-pyrrole nitrogens is 1. The van der Waals surface area contributed by atoms with E-state index in [4.69, 9.17) is 5.73 Å². The highest BCUT2D eigenvalue weighted by molar-refractivity contribution is 7.99. The molecule has 16 heavy (non-hydrogen) atoms. The lowest BCUT2D eigenvalue weighted by atomic mass is 10.2. The van der Waals surface area contributed by atoms with Gasteiger partial charge in [-0.2, -0.15) is 11.8 Å². The Bertz CT molecular complexity index is 379. The molecule has 0 aliphatic carbocycles. The number of thioether (sulfide) groups is 1. The van der Waals surface area contributed by atoms with Crippen molar-refractivity contribution in [3.63, 3.8) is 0 Å². The van der Waals surface area contributed by atoms with Crippen molar-refractivity contribution in [1.82, 2.24) is 9.97 Å². The summed E-state index contributed by atoms with van der Waals surface area (Å²) in [6.07, 6.45) is 2.38. The second-order valence-electron chi connectivity index (χ2n) is 3.52. The summed E-state index contributed by atoms with van der Waals surface area (Å²) in [6, 6.07) is 0.260. The fraction of sp³-hybridized carbons (Fsp3) is 0.600. The molecule has 0 radical (unpaired) electrons. The van der Waals surface area contributed by atoms with Gasteiger partial charge in [-0.25, -0.2) is 4.98 Å². The average Bonchev–Trinajstić information content (AvgIpc) is 2.25. The van der Waals surface area contributed by atoms with Crippen LogP contribution in [-0.4, -0.2) is 27.5 Å². The Kier molecular flexibility index (Phi) is 5.18. The van der Waals surface area contributed by atoms with Gasteiger partial charge in [0.25, 0.3) is 5.56 Å². The Hall–Kier alpha value is -1.17. The van der Waals surface area contributed by atoms with Gasteiger partial charge in [0, 0.05) is 6.04 Å². The first kappa shape index (κ1) is 12.9. The molecule has 0 bridgehead atoms. The summed E-state index contributed by atoms with van der Waals surface area (Å²) in [5.41, 5.74) is 5.46. The van der Waals surface area contributed by atoms with Gasteiger partial charge in [0.1, 0.15) is 5.69 Å². The van der Waals surface area contributed by atoms with E-state index in [9.17, 15) is 4.79 Å². The standard InChI is InChI=1S/C10H18N4OS/c1-3-16-5-4-7(2)14-9-8(11)10(15)13-6-12-9/h6-7H,3-5,11H2,1-2H3,(H2,12,13,14,15). The highest BCUT2D eigenvalue weighted by Crippen LogP contribution is 2.12. The third kappa shape index (κ3) is 3.77. The molecule has 0 fully saturated rings. The number of nitrogens with one attached hydrogen (secondary N) is 2. The Morgan fingerprint density at radius 3 is 3.12 bits per heavy atom. The lowest BCUT2D eigenvalue weighted by molar-refractivity contribution is 0.766. The number of nitrogens with two attached hydrogens (primary N) is 1. The van der Waals surface area contributed by atoms with Crippen LogP contribution in [0.3, 0.4) is 0 Å². The van der Waals surface area contributed by atoms with Crippen LogP contribution in [0.15, 0.2) is 11.1 Å². The molecule has 0 aliphatic heterocycles. The van der Waals surface area contributed by atoms with E-state index in [1.165, 1.54) is 6.33 Å². The predicted molar refractivity (Wildman–Crippen MR) is 70.0 cm³/mol. The first-order chi connectivity index (χ1) is 7.65. The smallest absolute Gasteiger partial charge is 0.276 e. The van der Waals surface area contributed by atoms with Crippen LogP contribution in [0.4, 0.5) is 11.5 Å². The minimum Gasteiger partial charge on any atom is -0.391 e. The van der Waals surface area contributed by atoms with Crippen LogP contribution in [0.2, 0.25) is 0 Å². The normalized spacial score (nSPS) is 12.4. The molecule has 0 spiro atoms. The minimum absolute atomic E-state index is 0.150. The molecule has 1 heterocycles. The fourth-order valence-corrected chi connectivity index (χ4v) is 2.04. The molecule has 1 unspecified atom stereocenters. The maximum atomic E-state index is 11.2. The van der Waals surface area contributed by atoms with E-state index in [0.717, 1.165) is 17.9 Å². The molecule has 1 aromatic heterocycles. The van der Waals surface area contributed by atoms with Crippen molar-refractivity contribution >= 4 is 23.3 Å². The Balaban J connectivity index is 2.52. The first-order valence-corrected chi connectivity index (χ1v) is 6.48. The number of aromatic amines is 1. The van der Waals surface area contributed by atoms with Crippen molar-refractivity contribution in [3.8, 4) is 0 Å². The van der Waals surface area contributed by atoms with Crippen LogP contribution in [0, 0.1) is 0 Å². The number of hydrogen-bond donors (Lipinski definition) is 3. The zero-order valence-electron chi connectivity index (χ0n) is 9.62. The molecule has 4 N–H and O–H groups in total. The van der Waals surface area contributed by atoms with E-state index in [0.29, 0.717) is 5.82 Å². The summed E-state index contributed by atoms with van der Waals surface area (Å²) in [7, 11) is 0. The summed E-state index contributed by atoms with van der Waals surface area (Å²) < 4.78 is 0. The topological polar surface area (TPSA) is 83.8 Å². The largest absolute Gasteiger partial charge is 0.391 e. The number of nitrogens with zero attached hydrogens (tertiary/aromatic N) is 1. The van der Waals surface area contributed by atoms with Gasteiger partial charge in [0.05, 0.1) is 6.33 Å². The van der Waals surface area contributed by atoms with Gasteiger partial charge in [-0.3, -0.25) is 4.79 Å². The summed E-state index contributed by atoms with van der Waals surface area (Å²) in [5, 5.41) is 3.14. The van der Waals surface area contributed by atoms with Crippen molar-refractivity contribution in [2.24, 2.45) is 0 Å². The molecular formula is C10H18N4OS. The maximum Gasteiger partial charge on any atom is 0.276 e. The molecule has 0 aromatic carbocycles. The molecule has 5 nitrogen and oxygen atoms in total. The fourth-order valence-electron chi connectivity index (χ4n) is 1.24. The molecule has 1 rings (SSSR count). The quantitative estimate of drug-likeness (QED) is 0.655. The molecule has 0 saturated carbocycles.